The molecule has 2 aliphatic heterocycles. The number of halogens is 2. The molecule has 3 heterocycles. The molecule has 2 aliphatic rings. The minimum absolute atomic E-state index is 0.180. The van der Waals surface area contributed by atoms with E-state index in [2.05, 4.69) is 36.0 Å². The molecule has 0 spiro atoms. The molecule has 5 nitrogen and oxygen atoms in total. The van der Waals surface area contributed by atoms with E-state index < -0.39 is 0 Å². The van der Waals surface area contributed by atoms with Crippen molar-refractivity contribution in [2.75, 3.05) is 42.9 Å². The number of pyridine rings is 1. The van der Waals surface area contributed by atoms with Gasteiger partial charge in [-0.25, -0.2) is 4.98 Å². The predicted octanol–water partition coefficient (Wildman–Crippen LogP) is 5.84. The van der Waals surface area contributed by atoms with Crippen LogP contribution in [0.15, 0.2) is 41.0 Å². The Bertz CT molecular complexity index is 895. The van der Waals surface area contributed by atoms with Crippen molar-refractivity contribution in [2.45, 2.75) is 38.5 Å². The monoisotopic (exact) mass is 504 g/mol. The lowest BCUT2D eigenvalue weighted by Gasteiger charge is -2.35. The lowest BCUT2D eigenvalue weighted by Crippen LogP contribution is -2.37. The third-order valence-corrected chi connectivity index (χ3v) is 7.05. The van der Waals surface area contributed by atoms with E-state index in [1.54, 1.807) is 30.5 Å². The molecule has 0 atom stereocenters. The van der Waals surface area contributed by atoms with Gasteiger partial charge in [-0.1, -0.05) is 24.1 Å². The first kappa shape index (κ1) is 22.6. The summed E-state index contributed by atoms with van der Waals surface area (Å²) in [6, 6.07) is 8.91. The number of rotatable bonds is 6. The summed E-state index contributed by atoms with van der Waals surface area (Å²) in [6.45, 7) is 5.73. The van der Waals surface area contributed by atoms with E-state index in [4.69, 9.17) is 11.6 Å². The number of likely N-dealkylation sites (tertiary alicyclic amines) is 1. The smallest absolute Gasteiger partial charge is 0.255 e. The van der Waals surface area contributed by atoms with Gasteiger partial charge in [-0.2, -0.15) is 0 Å². The third kappa shape index (κ3) is 6.21. The molecule has 0 aliphatic carbocycles. The Kier molecular flexibility index (Phi) is 7.86. The molecule has 0 bridgehead atoms. The highest BCUT2D eigenvalue weighted by atomic mass is 79.9. The summed E-state index contributed by atoms with van der Waals surface area (Å²) in [5, 5.41) is 3.58. The van der Waals surface area contributed by atoms with E-state index in [0.717, 1.165) is 35.0 Å². The maximum Gasteiger partial charge on any atom is 0.255 e. The first-order valence-electron chi connectivity index (χ1n) is 11.3. The van der Waals surface area contributed by atoms with Gasteiger partial charge in [0, 0.05) is 34.3 Å². The first-order chi connectivity index (χ1) is 15.1. The lowest BCUT2D eigenvalue weighted by atomic mass is 9.93. The number of aromatic nitrogens is 1. The second kappa shape index (κ2) is 10.8. The molecule has 2 saturated heterocycles. The molecule has 2 fully saturated rings. The highest BCUT2D eigenvalue weighted by molar-refractivity contribution is 9.10. The summed E-state index contributed by atoms with van der Waals surface area (Å²) >= 11 is 9.54. The van der Waals surface area contributed by atoms with Gasteiger partial charge in [-0.15, -0.1) is 0 Å². The van der Waals surface area contributed by atoms with E-state index in [0.29, 0.717) is 10.6 Å². The van der Waals surface area contributed by atoms with Crippen molar-refractivity contribution >= 4 is 44.9 Å². The van der Waals surface area contributed by atoms with Gasteiger partial charge in [0.1, 0.15) is 0 Å². The molecule has 0 saturated carbocycles. The second-order valence-electron chi connectivity index (χ2n) is 8.61. The Balaban J connectivity index is 1.37. The van der Waals surface area contributed by atoms with E-state index in [1.165, 1.54) is 58.2 Å². The quantitative estimate of drug-likeness (QED) is 0.536. The Labute approximate surface area is 198 Å². The fourth-order valence-corrected chi connectivity index (χ4v) is 5.10. The fourth-order valence-electron chi connectivity index (χ4n) is 4.58. The van der Waals surface area contributed by atoms with Gasteiger partial charge >= 0.3 is 0 Å². The van der Waals surface area contributed by atoms with Crippen molar-refractivity contribution in [3.8, 4) is 0 Å². The van der Waals surface area contributed by atoms with Crippen molar-refractivity contribution < 1.29 is 4.79 Å². The summed E-state index contributed by atoms with van der Waals surface area (Å²) in [6.07, 6.45) is 9.55. The number of hydrogen-bond donors (Lipinski definition) is 1. The SMILES string of the molecule is O=C(Nc1cc(Br)cnc1N1CCC(CCN2CCCCC2)CC1)c1cccc(Cl)c1. The molecule has 7 heteroatoms. The zero-order valence-electron chi connectivity index (χ0n) is 17.8. The summed E-state index contributed by atoms with van der Waals surface area (Å²) in [5.41, 5.74) is 1.26. The van der Waals surface area contributed by atoms with Crippen LogP contribution in [0.25, 0.3) is 0 Å². The molecule has 1 amide bonds. The van der Waals surface area contributed by atoms with Gasteiger partial charge < -0.3 is 15.1 Å². The normalized spacial score (nSPS) is 18.2. The molecule has 1 aromatic heterocycles. The number of piperidine rings is 2. The molecule has 31 heavy (non-hydrogen) atoms. The van der Waals surface area contributed by atoms with Crippen LogP contribution in [0.5, 0.6) is 0 Å². The molecule has 1 aromatic carbocycles. The van der Waals surface area contributed by atoms with Gasteiger partial charge in [0.05, 0.1) is 5.69 Å². The molecule has 4 rings (SSSR count). The summed E-state index contributed by atoms with van der Waals surface area (Å²) in [7, 11) is 0. The molecule has 0 radical (unpaired) electrons. The zero-order chi connectivity index (χ0) is 21.6. The highest BCUT2D eigenvalue weighted by Crippen LogP contribution is 2.31. The number of carbonyl (C=O) groups excluding carboxylic acids is 1. The summed E-state index contributed by atoms with van der Waals surface area (Å²) in [4.78, 5) is 22.3. The van der Waals surface area contributed by atoms with Gasteiger partial charge in [-0.05, 0) is 97.9 Å². The average molecular weight is 506 g/mol. The Morgan fingerprint density at radius 2 is 1.90 bits per heavy atom. The number of benzene rings is 1. The van der Waals surface area contributed by atoms with Crippen molar-refractivity contribution in [1.29, 1.82) is 0 Å². The summed E-state index contributed by atoms with van der Waals surface area (Å²) in [5.74, 6) is 1.44. The lowest BCUT2D eigenvalue weighted by molar-refractivity contribution is 0.102. The fraction of sp³-hybridized carbons (Fsp3) is 0.500. The molecule has 2 aromatic rings. The minimum atomic E-state index is -0.180. The van der Waals surface area contributed by atoms with E-state index in [-0.39, 0.29) is 5.91 Å². The van der Waals surface area contributed by atoms with Gasteiger partial charge in [0.2, 0.25) is 0 Å². The Morgan fingerprint density at radius 3 is 2.65 bits per heavy atom. The van der Waals surface area contributed by atoms with Crippen molar-refractivity contribution in [2.24, 2.45) is 5.92 Å². The van der Waals surface area contributed by atoms with Crippen LogP contribution in [0, 0.1) is 5.92 Å². The maximum atomic E-state index is 12.8. The van der Waals surface area contributed by atoms with Crippen LogP contribution in [-0.2, 0) is 0 Å². The van der Waals surface area contributed by atoms with Crippen LogP contribution in [0.1, 0.15) is 48.9 Å². The predicted molar refractivity (Wildman–Crippen MR) is 131 cm³/mol. The topological polar surface area (TPSA) is 48.5 Å². The van der Waals surface area contributed by atoms with E-state index in [9.17, 15) is 4.79 Å². The largest absolute Gasteiger partial charge is 0.355 e. The number of nitrogens with one attached hydrogen (secondary N) is 1. The van der Waals surface area contributed by atoms with Gasteiger partial charge in [0.25, 0.3) is 5.91 Å². The van der Waals surface area contributed by atoms with Crippen LogP contribution >= 0.6 is 27.5 Å². The highest BCUT2D eigenvalue weighted by Gasteiger charge is 2.24. The Morgan fingerprint density at radius 1 is 1.13 bits per heavy atom. The molecular formula is C24H30BrClN4O. The van der Waals surface area contributed by atoms with Crippen LogP contribution < -0.4 is 10.2 Å². The molecule has 0 unspecified atom stereocenters. The third-order valence-electron chi connectivity index (χ3n) is 6.38. The number of anilines is 2. The number of amides is 1. The maximum absolute atomic E-state index is 12.8. The van der Waals surface area contributed by atoms with Gasteiger partial charge in [0.15, 0.2) is 5.82 Å². The van der Waals surface area contributed by atoms with Crippen molar-refractivity contribution in [1.82, 2.24) is 9.88 Å². The molecular weight excluding hydrogens is 476 g/mol. The van der Waals surface area contributed by atoms with Crippen molar-refractivity contribution in [3.63, 3.8) is 0 Å². The zero-order valence-corrected chi connectivity index (χ0v) is 20.2. The molecule has 166 valence electrons. The van der Waals surface area contributed by atoms with Crippen LogP contribution in [0.4, 0.5) is 11.5 Å². The molecule has 1 N–H and O–H groups in total. The van der Waals surface area contributed by atoms with Crippen molar-refractivity contribution in [3.05, 3.63) is 51.6 Å². The minimum Gasteiger partial charge on any atom is -0.355 e. The first-order valence-corrected chi connectivity index (χ1v) is 12.5. The standard InChI is InChI=1S/C24H30BrClN4O/c25-20-16-22(28-24(31)19-5-4-6-21(26)15-19)23(27-17-20)30-13-8-18(9-14-30)7-12-29-10-2-1-3-11-29/h4-6,15-18H,1-3,7-14H2,(H,28,31). The number of carbonyl (C=O) groups is 1. The summed E-state index contributed by atoms with van der Waals surface area (Å²) < 4.78 is 0.842. The second-order valence-corrected chi connectivity index (χ2v) is 9.96. The van der Waals surface area contributed by atoms with Crippen LogP contribution in [0.2, 0.25) is 5.02 Å². The average Bonchev–Trinajstić information content (AvgIpc) is 2.79. The number of hydrogen-bond acceptors (Lipinski definition) is 4. The van der Waals surface area contributed by atoms with Gasteiger partial charge in [-0.3, -0.25) is 4.79 Å². The Hall–Kier alpha value is -1.63. The van der Waals surface area contributed by atoms with Crippen LogP contribution in [0.3, 0.4) is 0 Å². The van der Waals surface area contributed by atoms with E-state index in [1.807, 2.05) is 6.07 Å². The van der Waals surface area contributed by atoms with E-state index >= 15 is 0 Å². The number of nitrogens with zero attached hydrogens (tertiary/aromatic N) is 3. The van der Waals surface area contributed by atoms with Crippen LogP contribution in [-0.4, -0.2) is 48.5 Å².